The van der Waals surface area contributed by atoms with Crippen molar-refractivity contribution < 1.29 is 10.0 Å². The minimum atomic E-state index is -0.560. The summed E-state index contributed by atoms with van der Waals surface area (Å²) < 4.78 is 0. The molecule has 1 heterocycles. The summed E-state index contributed by atoms with van der Waals surface area (Å²) in [6.07, 6.45) is 2.26. The number of nitrogens with one attached hydrogen (secondary N) is 1. The van der Waals surface area contributed by atoms with Gasteiger partial charge in [0.15, 0.2) is 0 Å². The van der Waals surface area contributed by atoms with E-state index >= 15 is 0 Å². The van der Waals surface area contributed by atoms with Crippen molar-refractivity contribution in [1.29, 1.82) is 0 Å². The standard InChI is InChI=1S/C9H14N4O3/c1-6(2)8(5-14)12-9-10-3-7(4-11-9)13(15)16/h3-4,6,8,14H,5H2,1-2H3,(H,10,11,12). The fraction of sp³-hybridized carbons (Fsp3) is 0.556. The molecule has 0 aliphatic carbocycles. The van der Waals surface area contributed by atoms with Gasteiger partial charge in [0.05, 0.1) is 17.6 Å². The first-order valence-corrected chi connectivity index (χ1v) is 4.88. The molecule has 0 saturated carbocycles. The Morgan fingerprint density at radius 2 is 2.06 bits per heavy atom. The Morgan fingerprint density at radius 3 is 2.44 bits per heavy atom. The molecule has 0 saturated heterocycles. The van der Waals surface area contributed by atoms with Crippen molar-refractivity contribution in [3.63, 3.8) is 0 Å². The largest absolute Gasteiger partial charge is 0.394 e. The van der Waals surface area contributed by atoms with Crippen molar-refractivity contribution in [3.8, 4) is 0 Å². The molecule has 0 radical (unpaired) electrons. The Labute approximate surface area is 92.7 Å². The van der Waals surface area contributed by atoms with Crippen molar-refractivity contribution in [2.45, 2.75) is 19.9 Å². The van der Waals surface area contributed by atoms with E-state index < -0.39 is 4.92 Å². The normalized spacial score (nSPS) is 12.5. The molecule has 0 fully saturated rings. The van der Waals surface area contributed by atoms with Gasteiger partial charge in [-0.3, -0.25) is 10.1 Å². The van der Waals surface area contributed by atoms with Crippen LogP contribution in [0.5, 0.6) is 0 Å². The number of hydrogen-bond acceptors (Lipinski definition) is 6. The molecule has 88 valence electrons. The third-order valence-corrected chi connectivity index (χ3v) is 2.16. The van der Waals surface area contributed by atoms with Gasteiger partial charge >= 0.3 is 5.69 Å². The van der Waals surface area contributed by atoms with Crippen LogP contribution in [0.15, 0.2) is 12.4 Å². The van der Waals surface area contributed by atoms with Gasteiger partial charge in [-0.1, -0.05) is 13.8 Å². The number of hydrogen-bond donors (Lipinski definition) is 2. The molecule has 1 aromatic rings. The maximum atomic E-state index is 10.4. The Bertz CT molecular complexity index is 352. The van der Waals surface area contributed by atoms with Crippen molar-refractivity contribution >= 4 is 11.6 Å². The third kappa shape index (κ3) is 3.13. The second kappa shape index (κ2) is 5.36. The predicted octanol–water partition coefficient (Wildman–Crippen LogP) is 0.814. The van der Waals surface area contributed by atoms with Crippen LogP contribution in [-0.4, -0.2) is 32.6 Å². The van der Waals surface area contributed by atoms with Crippen molar-refractivity contribution in [2.24, 2.45) is 5.92 Å². The molecule has 2 N–H and O–H groups in total. The summed E-state index contributed by atoms with van der Waals surface area (Å²) in [6, 6.07) is -0.165. The quantitative estimate of drug-likeness (QED) is 0.569. The molecule has 0 bridgehead atoms. The second-order valence-corrected chi connectivity index (χ2v) is 3.70. The summed E-state index contributed by atoms with van der Waals surface area (Å²) in [5.41, 5.74) is -0.157. The van der Waals surface area contributed by atoms with E-state index in [0.717, 1.165) is 12.4 Å². The summed E-state index contributed by atoms with van der Waals surface area (Å²) in [5, 5.41) is 22.3. The number of aliphatic hydroxyl groups is 1. The van der Waals surface area contributed by atoms with Gasteiger partial charge in [0, 0.05) is 0 Å². The van der Waals surface area contributed by atoms with Crippen molar-refractivity contribution in [2.75, 3.05) is 11.9 Å². The van der Waals surface area contributed by atoms with Crippen LogP contribution in [-0.2, 0) is 0 Å². The smallest absolute Gasteiger partial charge is 0.305 e. The lowest BCUT2D eigenvalue weighted by Crippen LogP contribution is -2.30. The van der Waals surface area contributed by atoms with Gasteiger partial charge in [0.2, 0.25) is 5.95 Å². The first-order chi connectivity index (χ1) is 7.54. The molecule has 1 unspecified atom stereocenters. The monoisotopic (exact) mass is 226 g/mol. The molecule has 7 nitrogen and oxygen atoms in total. The molecule has 1 atom stereocenters. The van der Waals surface area contributed by atoms with E-state index in [2.05, 4.69) is 15.3 Å². The number of aliphatic hydroxyl groups excluding tert-OH is 1. The molecule has 1 aromatic heterocycles. The van der Waals surface area contributed by atoms with E-state index in [1.165, 1.54) is 0 Å². The highest BCUT2D eigenvalue weighted by Crippen LogP contribution is 2.11. The predicted molar refractivity (Wildman–Crippen MR) is 58.0 cm³/mol. The lowest BCUT2D eigenvalue weighted by atomic mass is 10.1. The average molecular weight is 226 g/mol. The molecule has 0 amide bonds. The topological polar surface area (TPSA) is 101 Å². The first-order valence-electron chi connectivity index (χ1n) is 4.88. The number of nitrogens with zero attached hydrogens (tertiary/aromatic N) is 3. The van der Waals surface area contributed by atoms with E-state index in [4.69, 9.17) is 5.11 Å². The molecule has 1 rings (SSSR count). The van der Waals surface area contributed by atoms with E-state index in [0.29, 0.717) is 0 Å². The molecule has 0 aromatic carbocycles. The van der Waals surface area contributed by atoms with Crippen LogP contribution in [0, 0.1) is 16.0 Å². The second-order valence-electron chi connectivity index (χ2n) is 3.70. The van der Waals surface area contributed by atoms with Crippen LogP contribution < -0.4 is 5.32 Å². The van der Waals surface area contributed by atoms with Gasteiger partial charge in [0.25, 0.3) is 0 Å². The van der Waals surface area contributed by atoms with Gasteiger partial charge in [-0.15, -0.1) is 0 Å². The third-order valence-electron chi connectivity index (χ3n) is 2.16. The van der Waals surface area contributed by atoms with Crippen LogP contribution in [0.25, 0.3) is 0 Å². The zero-order valence-electron chi connectivity index (χ0n) is 9.12. The summed E-state index contributed by atoms with van der Waals surface area (Å²) >= 11 is 0. The van der Waals surface area contributed by atoms with Gasteiger partial charge in [0.1, 0.15) is 12.4 Å². The number of nitro groups is 1. The van der Waals surface area contributed by atoms with E-state index in [1.54, 1.807) is 0 Å². The summed E-state index contributed by atoms with van der Waals surface area (Å²) in [7, 11) is 0. The number of aromatic nitrogens is 2. The highest BCUT2D eigenvalue weighted by molar-refractivity contribution is 5.31. The van der Waals surface area contributed by atoms with Crippen LogP contribution in [0.1, 0.15) is 13.8 Å². The maximum Gasteiger partial charge on any atom is 0.305 e. The van der Waals surface area contributed by atoms with E-state index in [1.807, 2.05) is 13.8 Å². The molecular weight excluding hydrogens is 212 g/mol. The van der Waals surface area contributed by atoms with Crippen LogP contribution in [0.3, 0.4) is 0 Å². The molecule has 0 aliphatic rings. The van der Waals surface area contributed by atoms with Gasteiger partial charge in [-0.05, 0) is 5.92 Å². The highest BCUT2D eigenvalue weighted by Gasteiger charge is 2.14. The Kier molecular flexibility index (Phi) is 4.12. The average Bonchev–Trinajstić information content (AvgIpc) is 2.26. The maximum absolute atomic E-state index is 10.4. The van der Waals surface area contributed by atoms with Gasteiger partial charge in [-0.25, -0.2) is 9.97 Å². The SMILES string of the molecule is CC(C)C(CO)Nc1ncc([N+](=O)[O-])cn1. The minimum absolute atomic E-state index is 0.0436. The lowest BCUT2D eigenvalue weighted by Gasteiger charge is -2.19. The number of rotatable bonds is 5. The fourth-order valence-corrected chi connectivity index (χ4v) is 1.08. The Balaban J connectivity index is 2.71. The highest BCUT2D eigenvalue weighted by atomic mass is 16.6. The van der Waals surface area contributed by atoms with E-state index in [9.17, 15) is 10.1 Å². The molecule has 0 spiro atoms. The summed E-state index contributed by atoms with van der Waals surface area (Å²) in [4.78, 5) is 17.4. The van der Waals surface area contributed by atoms with Gasteiger partial charge in [-0.2, -0.15) is 0 Å². The summed E-state index contributed by atoms with van der Waals surface area (Å²) in [5.74, 6) is 0.488. The summed E-state index contributed by atoms with van der Waals surface area (Å²) in [6.45, 7) is 3.84. The lowest BCUT2D eigenvalue weighted by molar-refractivity contribution is -0.385. The Morgan fingerprint density at radius 1 is 1.50 bits per heavy atom. The van der Waals surface area contributed by atoms with Crippen LogP contribution in [0.2, 0.25) is 0 Å². The zero-order chi connectivity index (χ0) is 12.1. The van der Waals surface area contributed by atoms with Crippen molar-refractivity contribution in [3.05, 3.63) is 22.5 Å². The molecular formula is C9H14N4O3. The molecule has 7 heteroatoms. The zero-order valence-corrected chi connectivity index (χ0v) is 9.12. The van der Waals surface area contributed by atoms with Crippen LogP contribution >= 0.6 is 0 Å². The minimum Gasteiger partial charge on any atom is -0.394 e. The molecule has 16 heavy (non-hydrogen) atoms. The number of anilines is 1. The van der Waals surface area contributed by atoms with E-state index in [-0.39, 0.29) is 30.2 Å². The first kappa shape index (κ1) is 12.3. The van der Waals surface area contributed by atoms with Gasteiger partial charge < -0.3 is 10.4 Å². The van der Waals surface area contributed by atoms with Crippen molar-refractivity contribution in [1.82, 2.24) is 9.97 Å². The Hall–Kier alpha value is -1.76. The molecule has 0 aliphatic heterocycles. The van der Waals surface area contributed by atoms with Crippen LogP contribution in [0.4, 0.5) is 11.6 Å². The fourth-order valence-electron chi connectivity index (χ4n) is 1.08.